The lowest BCUT2D eigenvalue weighted by Gasteiger charge is -2.13. The van der Waals surface area contributed by atoms with Crippen LogP contribution in [0.1, 0.15) is 0 Å². The van der Waals surface area contributed by atoms with Crippen LogP contribution < -0.4 is 0 Å². The van der Waals surface area contributed by atoms with Crippen molar-refractivity contribution in [1.82, 2.24) is 15.0 Å². The predicted octanol–water partition coefficient (Wildman–Crippen LogP) is 7.82. The molecule has 3 nitrogen and oxygen atoms in total. The Hall–Kier alpha value is -4.63. The summed E-state index contributed by atoms with van der Waals surface area (Å²) in [5.74, 6) is 0. The minimum Gasteiger partial charge on any atom is -0.256 e. The van der Waals surface area contributed by atoms with E-state index in [9.17, 15) is 0 Å². The van der Waals surface area contributed by atoms with Gasteiger partial charge in [0, 0.05) is 39.5 Å². The molecule has 3 heterocycles. The minimum atomic E-state index is 0.846. The third-order valence-corrected chi connectivity index (χ3v) is 6.54. The fourth-order valence-electron chi connectivity index (χ4n) is 4.97. The van der Waals surface area contributed by atoms with Gasteiger partial charge < -0.3 is 0 Å². The molecule has 0 saturated heterocycles. The summed E-state index contributed by atoms with van der Waals surface area (Å²) in [6.45, 7) is 0. The van der Waals surface area contributed by atoms with Crippen molar-refractivity contribution < 1.29 is 0 Å². The normalized spacial score (nSPS) is 11.5. The van der Waals surface area contributed by atoms with Crippen molar-refractivity contribution in [1.29, 1.82) is 0 Å². The van der Waals surface area contributed by atoms with E-state index in [-0.39, 0.29) is 0 Å². The maximum absolute atomic E-state index is 5.09. The van der Waals surface area contributed by atoms with Gasteiger partial charge in [0.1, 0.15) is 0 Å². The Morgan fingerprint density at radius 1 is 0.471 bits per heavy atom. The molecule has 0 aliphatic carbocycles. The highest BCUT2D eigenvalue weighted by Gasteiger charge is 2.15. The van der Waals surface area contributed by atoms with Crippen molar-refractivity contribution in [3.63, 3.8) is 0 Å². The van der Waals surface area contributed by atoms with Crippen LogP contribution in [0.15, 0.2) is 116 Å². The number of aromatic nitrogens is 3. The van der Waals surface area contributed by atoms with Crippen molar-refractivity contribution in [3.05, 3.63) is 116 Å². The van der Waals surface area contributed by atoms with Gasteiger partial charge in [-0.25, -0.2) is 4.98 Å². The molecule has 0 aliphatic heterocycles. The highest BCUT2D eigenvalue weighted by Crippen LogP contribution is 2.37. The fourth-order valence-corrected chi connectivity index (χ4v) is 4.97. The van der Waals surface area contributed by atoms with Gasteiger partial charge in [0.05, 0.1) is 22.6 Å². The fraction of sp³-hybridized carbons (Fsp3) is 0. The molecule has 0 amide bonds. The maximum Gasteiger partial charge on any atom is 0.0972 e. The molecule has 3 heteroatoms. The highest BCUT2D eigenvalue weighted by atomic mass is 14.8. The third kappa shape index (κ3) is 2.87. The minimum absolute atomic E-state index is 0.846. The molecule has 4 aromatic carbocycles. The molecule has 3 aromatic heterocycles. The number of fused-ring (bicyclic) bond motifs is 6. The second kappa shape index (κ2) is 7.46. The first-order valence-corrected chi connectivity index (χ1v) is 11.4. The van der Waals surface area contributed by atoms with Gasteiger partial charge in [0.15, 0.2) is 0 Å². The molecule has 158 valence electrons. The first-order chi connectivity index (χ1) is 16.9. The maximum atomic E-state index is 5.09. The molecule has 0 atom stereocenters. The molecule has 0 N–H and O–H groups in total. The lowest BCUT2D eigenvalue weighted by Crippen LogP contribution is -1.94. The van der Waals surface area contributed by atoms with Crippen LogP contribution in [0.25, 0.3) is 65.9 Å². The van der Waals surface area contributed by atoms with E-state index in [1.54, 1.807) is 0 Å². The molecule has 0 spiro atoms. The quantitative estimate of drug-likeness (QED) is 0.261. The topological polar surface area (TPSA) is 38.7 Å². The summed E-state index contributed by atoms with van der Waals surface area (Å²) >= 11 is 0. The summed E-state index contributed by atoms with van der Waals surface area (Å²) < 4.78 is 0. The third-order valence-electron chi connectivity index (χ3n) is 6.54. The van der Waals surface area contributed by atoms with Gasteiger partial charge >= 0.3 is 0 Å². The van der Waals surface area contributed by atoms with Crippen LogP contribution in [0, 0.1) is 0 Å². The average Bonchev–Trinajstić information content (AvgIpc) is 2.92. The number of pyridine rings is 3. The molecule has 34 heavy (non-hydrogen) atoms. The van der Waals surface area contributed by atoms with Gasteiger partial charge in [0.25, 0.3) is 0 Å². The molecule has 0 bridgehead atoms. The zero-order valence-corrected chi connectivity index (χ0v) is 18.3. The van der Waals surface area contributed by atoms with E-state index in [4.69, 9.17) is 15.0 Å². The van der Waals surface area contributed by atoms with E-state index in [1.807, 2.05) is 30.6 Å². The van der Waals surface area contributed by atoms with E-state index in [0.717, 1.165) is 44.3 Å². The highest BCUT2D eigenvalue weighted by molar-refractivity contribution is 6.22. The predicted molar refractivity (Wildman–Crippen MR) is 141 cm³/mol. The Labute approximate surface area is 196 Å². The van der Waals surface area contributed by atoms with E-state index in [2.05, 4.69) is 84.9 Å². The number of benzene rings is 4. The monoisotopic (exact) mass is 433 g/mol. The van der Waals surface area contributed by atoms with E-state index in [1.165, 1.54) is 21.5 Å². The van der Waals surface area contributed by atoms with Crippen LogP contribution in [-0.2, 0) is 0 Å². The molecule has 0 aliphatic rings. The van der Waals surface area contributed by atoms with Crippen LogP contribution in [0.5, 0.6) is 0 Å². The molecule has 0 fully saturated rings. The van der Waals surface area contributed by atoms with E-state index in [0.29, 0.717) is 0 Å². The summed E-state index contributed by atoms with van der Waals surface area (Å²) in [5, 5.41) is 8.23. The zero-order valence-electron chi connectivity index (χ0n) is 18.3. The van der Waals surface area contributed by atoms with Crippen LogP contribution in [0.3, 0.4) is 0 Å². The van der Waals surface area contributed by atoms with Gasteiger partial charge in [-0.1, -0.05) is 78.9 Å². The summed E-state index contributed by atoms with van der Waals surface area (Å²) in [5.41, 5.74) is 4.69. The largest absolute Gasteiger partial charge is 0.256 e. The lowest BCUT2D eigenvalue weighted by molar-refractivity contribution is 1.28. The Morgan fingerprint density at radius 2 is 1.18 bits per heavy atom. The zero-order chi connectivity index (χ0) is 22.5. The first-order valence-electron chi connectivity index (χ1n) is 11.4. The van der Waals surface area contributed by atoms with Crippen molar-refractivity contribution in [3.8, 4) is 22.6 Å². The molecule has 0 unspecified atom stereocenters. The number of hydrogen-bond donors (Lipinski definition) is 0. The molecule has 0 saturated carbocycles. The smallest absolute Gasteiger partial charge is 0.0972 e. The van der Waals surface area contributed by atoms with Crippen molar-refractivity contribution in [2.75, 3.05) is 0 Å². The number of nitrogens with zero attached hydrogens (tertiary/aromatic N) is 3. The van der Waals surface area contributed by atoms with E-state index >= 15 is 0 Å². The second-order valence-electron chi connectivity index (χ2n) is 8.50. The first kappa shape index (κ1) is 18.9. The number of rotatable bonds is 2. The summed E-state index contributed by atoms with van der Waals surface area (Å²) in [4.78, 5) is 14.6. The standard InChI is InChI=1S/C31H19N3/c1-3-9-23-20(7-1)13-14-26-29(23)25-11-5-6-12-27(25)34-31(26)28-19-22(16-17-32-28)30-24-10-4-2-8-21(24)15-18-33-30/h1-19H. The van der Waals surface area contributed by atoms with Crippen LogP contribution in [0.2, 0.25) is 0 Å². The van der Waals surface area contributed by atoms with Crippen molar-refractivity contribution in [2.24, 2.45) is 0 Å². The summed E-state index contributed by atoms with van der Waals surface area (Å²) in [6, 6.07) is 35.8. The van der Waals surface area contributed by atoms with E-state index < -0.39 is 0 Å². The number of para-hydroxylation sites is 1. The second-order valence-corrected chi connectivity index (χ2v) is 8.50. The van der Waals surface area contributed by atoms with Crippen LogP contribution in [0.4, 0.5) is 0 Å². The average molecular weight is 434 g/mol. The summed E-state index contributed by atoms with van der Waals surface area (Å²) in [6.07, 6.45) is 3.73. The Morgan fingerprint density at radius 3 is 2.06 bits per heavy atom. The molecular formula is C31H19N3. The SMILES string of the molecule is c1ccc2c(-c3ccnc(-c4nc5ccccc5c5c4ccc4ccccc45)c3)nccc2c1. The van der Waals surface area contributed by atoms with Gasteiger partial charge in [-0.05, 0) is 40.4 Å². The summed E-state index contributed by atoms with van der Waals surface area (Å²) in [7, 11) is 0. The molecular weight excluding hydrogens is 414 g/mol. The lowest BCUT2D eigenvalue weighted by atomic mass is 9.96. The van der Waals surface area contributed by atoms with Crippen LogP contribution in [-0.4, -0.2) is 15.0 Å². The number of hydrogen-bond acceptors (Lipinski definition) is 3. The van der Waals surface area contributed by atoms with Crippen molar-refractivity contribution in [2.45, 2.75) is 0 Å². The molecule has 7 rings (SSSR count). The van der Waals surface area contributed by atoms with Gasteiger partial charge in [0.2, 0.25) is 0 Å². The van der Waals surface area contributed by atoms with Gasteiger partial charge in [-0.3, -0.25) is 9.97 Å². The van der Waals surface area contributed by atoms with Gasteiger partial charge in [-0.15, -0.1) is 0 Å². The Bertz CT molecular complexity index is 1850. The van der Waals surface area contributed by atoms with Gasteiger partial charge in [-0.2, -0.15) is 0 Å². The molecule has 0 radical (unpaired) electrons. The Balaban J connectivity index is 1.54. The van der Waals surface area contributed by atoms with Crippen LogP contribution >= 0.6 is 0 Å². The molecule has 7 aromatic rings. The Kier molecular flexibility index (Phi) is 4.15. The van der Waals surface area contributed by atoms with Crippen molar-refractivity contribution >= 4 is 43.2 Å².